The van der Waals surface area contributed by atoms with Crippen LogP contribution in [0.3, 0.4) is 0 Å². The third-order valence-electron chi connectivity index (χ3n) is 3.68. The van der Waals surface area contributed by atoms with Crippen LogP contribution in [0, 0.1) is 0 Å². The van der Waals surface area contributed by atoms with Crippen molar-refractivity contribution < 1.29 is 0 Å². The summed E-state index contributed by atoms with van der Waals surface area (Å²) in [4.78, 5) is 0. The van der Waals surface area contributed by atoms with E-state index < -0.39 is 0 Å². The van der Waals surface area contributed by atoms with Gasteiger partial charge >= 0.3 is 0 Å². The fraction of sp³-hybridized carbons (Fsp3) is 1.00. The van der Waals surface area contributed by atoms with Crippen molar-refractivity contribution in [3.05, 3.63) is 0 Å². The summed E-state index contributed by atoms with van der Waals surface area (Å²) in [7, 11) is 0. The molecule has 2 saturated carbocycles. The minimum Gasteiger partial charge on any atom is -0.344 e. The van der Waals surface area contributed by atoms with Crippen LogP contribution >= 0.6 is 0 Å². The molecule has 0 unspecified atom stereocenters. The molecule has 14 heavy (non-hydrogen) atoms. The van der Waals surface area contributed by atoms with Crippen molar-refractivity contribution in [2.75, 3.05) is 0 Å². The average molecular weight is 198 g/mol. The summed E-state index contributed by atoms with van der Waals surface area (Å²) in [6, 6.07) is 1.74. The molecule has 0 saturated heterocycles. The van der Waals surface area contributed by atoms with Crippen LogP contribution in [0.4, 0.5) is 0 Å². The number of hydrogen-bond acceptors (Lipinski definition) is 2. The molecule has 0 radical (unpaired) electrons. The van der Waals surface area contributed by atoms with Gasteiger partial charge in [-0.05, 0) is 25.7 Å². The minimum absolute atomic E-state index is 0. The fourth-order valence-electron chi connectivity index (χ4n) is 2.87. The van der Waals surface area contributed by atoms with Crippen molar-refractivity contribution in [2.24, 2.45) is 0 Å². The third kappa shape index (κ3) is 3.58. The smallest absolute Gasteiger partial charge is 0.00696 e. The molecular formula is C12H26N2. The van der Waals surface area contributed by atoms with E-state index in [9.17, 15) is 0 Å². The fourth-order valence-corrected chi connectivity index (χ4v) is 2.87. The van der Waals surface area contributed by atoms with Crippen LogP contribution in [0.25, 0.3) is 0 Å². The van der Waals surface area contributed by atoms with Crippen LogP contribution in [0.1, 0.15) is 64.2 Å². The van der Waals surface area contributed by atoms with Crippen molar-refractivity contribution in [1.29, 1.82) is 0 Å². The van der Waals surface area contributed by atoms with Crippen molar-refractivity contribution >= 4 is 0 Å². The Morgan fingerprint density at radius 3 is 1.29 bits per heavy atom. The number of hydrogen-bond donors (Lipinski definition) is 2. The topological polar surface area (TPSA) is 47.0 Å². The maximum Gasteiger partial charge on any atom is 0.00696 e. The van der Waals surface area contributed by atoms with Gasteiger partial charge in [-0.25, -0.2) is 0 Å². The Bertz CT molecular complexity index is 119. The lowest BCUT2D eigenvalue weighted by Gasteiger charge is -2.30. The second-order valence-electron chi connectivity index (χ2n) is 4.84. The SMILES string of the molecule is C1CCC(NC2CCCCC2)CC1.N. The first-order valence-electron chi connectivity index (χ1n) is 6.21. The Balaban J connectivity index is 0.000000980. The van der Waals surface area contributed by atoms with Crippen molar-refractivity contribution in [1.82, 2.24) is 11.5 Å². The second-order valence-corrected chi connectivity index (χ2v) is 4.84. The first-order chi connectivity index (χ1) is 6.45. The highest BCUT2D eigenvalue weighted by Gasteiger charge is 2.19. The maximum absolute atomic E-state index is 3.86. The number of rotatable bonds is 2. The van der Waals surface area contributed by atoms with Gasteiger partial charge in [0.1, 0.15) is 0 Å². The van der Waals surface area contributed by atoms with E-state index in [1.54, 1.807) is 0 Å². The normalized spacial score (nSPS) is 25.7. The molecule has 0 bridgehead atoms. The number of nitrogens with one attached hydrogen (secondary N) is 1. The lowest BCUT2D eigenvalue weighted by Crippen LogP contribution is -2.40. The van der Waals surface area contributed by atoms with Crippen LogP contribution in [0.15, 0.2) is 0 Å². The van der Waals surface area contributed by atoms with E-state index in [1.807, 2.05) is 0 Å². The van der Waals surface area contributed by atoms with E-state index in [0.717, 1.165) is 12.1 Å². The molecule has 0 aromatic rings. The van der Waals surface area contributed by atoms with Crippen molar-refractivity contribution in [3.63, 3.8) is 0 Å². The minimum atomic E-state index is 0. The lowest BCUT2D eigenvalue weighted by atomic mass is 9.91. The van der Waals surface area contributed by atoms with E-state index in [-0.39, 0.29) is 6.15 Å². The summed E-state index contributed by atoms with van der Waals surface area (Å²) in [6.07, 6.45) is 14.6. The molecule has 0 aromatic carbocycles. The van der Waals surface area contributed by atoms with Crippen LogP contribution in [0.2, 0.25) is 0 Å². The molecule has 2 aliphatic rings. The second kappa shape index (κ2) is 6.41. The summed E-state index contributed by atoms with van der Waals surface area (Å²) in [6.45, 7) is 0. The molecule has 0 amide bonds. The predicted molar refractivity (Wildman–Crippen MR) is 61.9 cm³/mol. The zero-order chi connectivity index (χ0) is 8.93. The summed E-state index contributed by atoms with van der Waals surface area (Å²) in [5.74, 6) is 0. The van der Waals surface area contributed by atoms with Crippen molar-refractivity contribution in [3.8, 4) is 0 Å². The largest absolute Gasteiger partial charge is 0.344 e. The quantitative estimate of drug-likeness (QED) is 0.714. The van der Waals surface area contributed by atoms with Gasteiger partial charge in [0.2, 0.25) is 0 Å². The third-order valence-corrected chi connectivity index (χ3v) is 3.68. The van der Waals surface area contributed by atoms with Gasteiger partial charge in [0.25, 0.3) is 0 Å². The van der Waals surface area contributed by atoms with E-state index >= 15 is 0 Å². The average Bonchev–Trinajstić information content (AvgIpc) is 2.21. The van der Waals surface area contributed by atoms with Gasteiger partial charge < -0.3 is 11.5 Å². The van der Waals surface area contributed by atoms with Gasteiger partial charge in [-0.1, -0.05) is 38.5 Å². The van der Waals surface area contributed by atoms with Gasteiger partial charge in [-0.2, -0.15) is 0 Å². The molecule has 2 heteroatoms. The molecule has 0 aromatic heterocycles. The van der Waals surface area contributed by atoms with Crippen LogP contribution in [-0.4, -0.2) is 12.1 Å². The molecule has 0 aliphatic heterocycles. The Hall–Kier alpha value is -0.0800. The molecule has 84 valence electrons. The highest BCUT2D eigenvalue weighted by molar-refractivity contribution is 4.79. The van der Waals surface area contributed by atoms with Gasteiger partial charge in [0.15, 0.2) is 0 Å². The first-order valence-corrected chi connectivity index (χ1v) is 6.21. The molecule has 0 heterocycles. The van der Waals surface area contributed by atoms with Gasteiger partial charge in [-0.15, -0.1) is 0 Å². The molecule has 2 nitrogen and oxygen atoms in total. The summed E-state index contributed by atoms with van der Waals surface area (Å²) in [5, 5.41) is 3.86. The molecule has 2 rings (SSSR count). The van der Waals surface area contributed by atoms with Gasteiger partial charge in [0.05, 0.1) is 0 Å². The standard InChI is InChI=1S/C12H23N.H3N/c1-3-7-11(8-4-1)13-12-9-5-2-6-10-12;/h11-13H,1-10H2;1H3. The molecule has 2 aliphatic carbocycles. The monoisotopic (exact) mass is 198 g/mol. The van der Waals surface area contributed by atoms with Crippen molar-refractivity contribution in [2.45, 2.75) is 76.3 Å². The molecular weight excluding hydrogens is 172 g/mol. The lowest BCUT2D eigenvalue weighted by molar-refractivity contribution is 0.291. The van der Waals surface area contributed by atoms with Crippen LogP contribution in [-0.2, 0) is 0 Å². The van der Waals surface area contributed by atoms with Crippen LogP contribution < -0.4 is 11.5 Å². The molecule has 4 N–H and O–H groups in total. The van der Waals surface area contributed by atoms with E-state index in [4.69, 9.17) is 0 Å². The zero-order valence-corrected chi connectivity index (χ0v) is 9.43. The van der Waals surface area contributed by atoms with E-state index in [0.29, 0.717) is 0 Å². The van der Waals surface area contributed by atoms with Crippen LogP contribution in [0.5, 0.6) is 0 Å². The van der Waals surface area contributed by atoms with E-state index in [1.165, 1.54) is 64.2 Å². The Labute approximate surface area is 88.4 Å². The molecule has 2 fully saturated rings. The molecule has 0 atom stereocenters. The van der Waals surface area contributed by atoms with E-state index in [2.05, 4.69) is 5.32 Å². The Morgan fingerprint density at radius 2 is 0.929 bits per heavy atom. The molecule has 0 spiro atoms. The first kappa shape index (κ1) is 12.0. The summed E-state index contributed by atoms with van der Waals surface area (Å²) >= 11 is 0. The predicted octanol–water partition coefficient (Wildman–Crippen LogP) is 3.40. The highest BCUT2D eigenvalue weighted by atomic mass is 14.9. The Morgan fingerprint density at radius 1 is 0.571 bits per heavy atom. The Kier molecular flexibility index (Phi) is 5.49. The van der Waals surface area contributed by atoms with Gasteiger partial charge in [-0.3, -0.25) is 0 Å². The van der Waals surface area contributed by atoms with Gasteiger partial charge in [0, 0.05) is 12.1 Å². The summed E-state index contributed by atoms with van der Waals surface area (Å²) in [5.41, 5.74) is 0. The maximum atomic E-state index is 3.86. The summed E-state index contributed by atoms with van der Waals surface area (Å²) < 4.78 is 0. The highest BCUT2D eigenvalue weighted by Crippen LogP contribution is 2.22. The zero-order valence-electron chi connectivity index (χ0n) is 9.43.